The highest BCUT2D eigenvalue weighted by molar-refractivity contribution is 5.88. The quantitative estimate of drug-likeness (QED) is 0.0872. The highest BCUT2D eigenvalue weighted by Gasteiger charge is 2.20. The summed E-state index contributed by atoms with van der Waals surface area (Å²) >= 11 is 0. The normalized spacial score (nSPS) is 10.2. The Morgan fingerprint density at radius 3 is 1.05 bits per heavy atom. The third-order valence-corrected chi connectivity index (χ3v) is 8.13. The van der Waals surface area contributed by atoms with Gasteiger partial charge in [0.15, 0.2) is 0 Å². The molecule has 0 saturated heterocycles. The van der Waals surface area contributed by atoms with Crippen LogP contribution in [0, 0.1) is 0 Å². The molecule has 62 heavy (non-hydrogen) atoms. The molecular weight excluding hydrogens is 814 g/mol. The van der Waals surface area contributed by atoms with Crippen molar-refractivity contribution in [3.8, 4) is 0 Å². The largest absolute Gasteiger partial charge is 0.461 e. The number of hydrogen-bond acceptors (Lipinski definition) is 17. The van der Waals surface area contributed by atoms with Crippen LogP contribution in [-0.4, -0.2) is 68.3 Å². The number of anilines is 3. The lowest BCUT2D eigenvalue weighted by Gasteiger charge is -2.19. The van der Waals surface area contributed by atoms with E-state index in [9.17, 15) is 38.4 Å². The zero-order chi connectivity index (χ0) is 45.8. The van der Waals surface area contributed by atoms with E-state index in [0.717, 1.165) is 5.69 Å². The second-order valence-electron chi connectivity index (χ2n) is 13.3. The fraction of sp³-hybridized carbons (Fsp3) is 0.349. The van der Waals surface area contributed by atoms with Gasteiger partial charge in [0.05, 0.1) is 11.4 Å². The molecule has 0 bridgehead atoms. The van der Waals surface area contributed by atoms with Crippen molar-refractivity contribution in [2.45, 2.75) is 81.2 Å². The van der Waals surface area contributed by atoms with Crippen LogP contribution in [0.4, 0.5) is 26.7 Å². The van der Waals surface area contributed by atoms with Crippen LogP contribution >= 0.6 is 0 Å². The lowest BCUT2D eigenvalue weighted by molar-refractivity contribution is -0.143. The first kappa shape index (κ1) is 48.9. The number of ether oxygens (including phenoxy) is 8. The Kier molecular flexibility index (Phi) is 19.4. The van der Waals surface area contributed by atoms with Gasteiger partial charge in [0, 0.05) is 82.1 Å². The molecule has 19 heteroatoms. The molecule has 0 aliphatic heterocycles. The fourth-order valence-corrected chi connectivity index (χ4v) is 5.41. The first-order chi connectivity index (χ1) is 29.4. The van der Waals surface area contributed by atoms with Gasteiger partial charge in [0.1, 0.15) is 52.9 Å². The highest BCUT2D eigenvalue weighted by atomic mass is 16.6. The van der Waals surface area contributed by atoms with Gasteiger partial charge in [-0.1, -0.05) is 12.1 Å². The van der Waals surface area contributed by atoms with Crippen LogP contribution in [0.15, 0.2) is 54.1 Å². The number of esters is 6. The molecule has 3 N–H and O–H groups in total. The molecule has 332 valence electrons. The second kappa shape index (κ2) is 24.6. The number of hydrogen-bond donors (Lipinski definition) is 3. The van der Waals surface area contributed by atoms with Crippen molar-refractivity contribution in [1.29, 1.82) is 0 Å². The van der Waals surface area contributed by atoms with Crippen molar-refractivity contribution >= 4 is 71.1 Å². The first-order valence-corrected chi connectivity index (χ1v) is 18.9. The summed E-state index contributed by atoms with van der Waals surface area (Å²) in [4.78, 5) is 96.9. The SMILES string of the molecule is CNc1ccc(C=C(COC(=O)Nc2c(COC(C)=O)cc(COC(C)=O)cc2COC(C)=O)COC(=O)Nc2c(COC(C)=O)cc(COC(C)=O)cc2COC(C)=O)cc1. The predicted molar refractivity (Wildman–Crippen MR) is 220 cm³/mol. The average Bonchev–Trinajstić information content (AvgIpc) is 3.21. The monoisotopic (exact) mass is 863 g/mol. The van der Waals surface area contributed by atoms with E-state index in [1.807, 2.05) is 0 Å². The van der Waals surface area contributed by atoms with E-state index in [4.69, 9.17) is 37.9 Å². The minimum atomic E-state index is -0.995. The molecule has 0 atom stereocenters. The number of nitrogens with one attached hydrogen (secondary N) is 3. The van der Waals surface area contributed by atoms with Crippen LogP contribution in [0.25, 0.3) is 6.08 Å². The molecule has 0 saturated carbocycles. The van der Waals surface area contributed by atoms with Crippen molar-refractivity contribution in [2.75, 3.05) is 36.2 Å². The second-order valence-corrected chi connectivity index (χ2v) is 13.3. The maximum Gasteiger partial charge on any atom is 0.411 e. The molecule has 0 aliphatic rings. The number of rotatable bonds is 20. The zero-order valence-electron chi connectivity index (χ0n) is 35.4. The Morgan fingerprint density at radius 1 is 0.452 bits per heavy atom. The van der Waals surface area contributed by atoms with E-state index in [1.165, 1.54) is 65.8 Å². The number of benzene rings is 3. The van der Waals surface area contributed by atoms with Gasteiger partial charge in [-0.3, -0.25) is 39.4 Å². The molecule has 2 amide bonds. The Labute approximate surface area is 357 Å². The summed E-state index contributed by atoms with van der Waals surface area (Å²) in [7, 11) is 1.75. The third-order valence-electron chi connectivity index (χ3n) is 8.13. The van der Waals surface area contributed by atoms with E-state index in [1.54, 1.807) is 37.4 Å². The summed E-state index contributed by atoms with van der Waals surface area (Å²) in [6, 6.07) is 13.3. The van der Waals surface area contributed by atoms with Gasteiger partial charge in [0.2, 0.25) is 0 Å². The summed E-state index contributed by atoms with van der Waals surface area (Å²) in [5.41, 5.74) is 3.92. The Balaban J connectivity index is 1.93. The van der Waals surface area contributed by atoms with Crippen LogP contribution in [0.5, 0.6) is 0 Å². The molecule has 0 radical (unpaired) electrons. The van der Waals surface area contributed by atoms with Crippen LogP contribution in [0.2, 0.25) is 0 Å². The molecule has 0 fully saturated rings. The van der Waals surface area contributed by atoms with Crippen molar-refractivity contribution in [3.63, 3.8) is 0 Å². The molecule has 0 unspecified atom stereocenters. The molecule has 0 aromatic heterocycles. The van der Waals surface area contributed by atoms with Gasteiger partial charge >= 0.3 is 48.0 Å². The highest BCUT2D eigenvalue weighted by Crippen LogP contribution is 2.29. The van der Waals surface area contributed by atoms with Crippen LogP contribution in [-0.2, 0) is 106 Å². The average molecular weight is 864 g/mol. The summed E-state index contributed by atoms with van der Waals surface area (Å²) < 4.78 is 42.2. The van der Waals surface area contributed by atoms with Crippen LogP contribution < -0.4 is 16.0 Å². The Morgan fingerprint density at radius 2 is 0.758 bits per heavy atom. The van der Waals surface area contributed by atoms with Crippen molar-refractivity contribution in [1.82, 2.24) is 0 Å². The number of carbonyl (C=O) groups excluding carboxylic acids is 8. The van der Waals surface area contributed by atoms with Gasteiger partial charge in [-0.05, 0) is 59.2 Å². The van der Waals surface area contributed by atoms with Gasteiger partial charge in [-0.25, -0.2) is 9.59 Å². The predicted octanol–water partition coefficient (Wildman–Crippen LogP) is 5.99. The first-order valence-electron chi connectivity index (χ1n) is 18.9. The van der Waals surface area contributed by atoms with Gasteiger partial charge in [-0.2, -0.15) is 0 Å². The maximum atomic E-state index is 13.4. The molecule has 3 aromatic rings. The van der Waals surface area contributed by atoms with E-state index < -0.39 is 61.2 Å². The number of carbonyl (C=O) groups is 8. The fourth-order valence-electron chi connectivity index (χ4n) is 5.41. The molecule has 3 rings (SSSR count). The molecule has 3 aromatic carbocycles. The molecular formula is C43H49N3O16. The topological polar surface area (TPSA) is 246 Å². The minimum absolute atomic E-state index is 0.0980. The van der Waals surface area contributed by atoms with Crippen LogP contribution in [0.3, 0.4) is 0 Å². The Bertz CT molecular complexity index is 1960. The summed E-state index contributed by atoms with van der Waals surface area (Å²) in [6.45, 7) is 4.79. The van der Waals surface area contributed by atoms with Crippen LogP contribution in [0.1, 0.15) is 80.5 Å². The van der Waals surface area contributed by atoms with E-state index in [0.29, 0.717) is 22.3 Å². The summed E-state index contributed by atoms with van der Waals surface area (Å²) in [5, 5.41) is 8.25. The molecule has 19 nitrogen and oxygen atoms in total. The van der Waals surface area contributed by atoms with Crippen molar-refractivity contribution in [3.05, 3.63) is 93.0 Å². The molecule has 0 spiro atoms. The van der Waals surface area contributed by atoms with Gasteiger partial charge in [-0.15, -0.1) is 0 Å². The lowest BCUT2D eigenvalue weighted by Crippen LogP contribution is -2.22. The van der Waals surface area contributed by atoms with Gasteiger partial charge in [0.25, 0.3) is 0 Å². The smallest absolute Gasteiger partial charge is 0.411 e. The summed E-state index contributed by atoms with van der Waals surface area (Å²) in [5.74, 6) is -3.59. The van der Waals surface area contributed by atoms with Gasteiger partial charge < -0.3 is 43.2 Å². The standard InChI is InChI=1S/C43H49N3O16/c1-25(47)55-17-32-13-35(21-57-27(3)49)40(36(14-32)22-58-28(4)50)45-42(53)61-19-34(12-31-8-10-39(44-7)11-9-31)20-62-43(54)46-41-37(23-59-29(5)51)15-33(18-56-26(2)48)16-38(41)24-60-30(6)52/h8-16,44H,17-24H2,1-7H3,(H,45,53)(H,46,54). The van der Waals surface area contributed by atoms with E-state index >= 15 is 0 Å². The van der Waals surface area contributed by atoms with E-state index in [-0.39, 0.29) is 73.3 Å². The van der Waals surface area contributed by atoms with Crippen molar-refractivity contribution < 1.29 is 76.3 Å². The lowest BCUT2D eigenvalue weighted by atomic mass is 10.0. The zero-order valence-corrected chi connectivity index (χ0v) is 35.4. The maximum absolute atomic E-state index is 13.4. The number of amides is 2. The minimum Gasteiger partial charge on any atom is -0.461 e. The molecule has 0 aliphatic carbocycles. The van der Waals surface area contributed by atoms with E-state index in [2.05, 4.69) is 16.0 Å². The van der Waals surface area contributed by atoms with Crippen molar-refractivity contribution in [2.24, 2.45) is 0 Å². The Hall–Kier alpha value is -7.44. The summed E-state index contributed by atoms with van der Waals surface area (Å²) in [6.07, 6.45) is -0.360. The molecule has 0 heterocycles. The third kappa shape index (κ3) is 17.8.